The number of nitrogens with zero attached hydrogens (tertiary/aromatic N) is 2. The van der Waals surface area contributed by atoms with Gasteiger partial charge < -0.3 is 4.74 Å². The van der Waals surface area contributed by atoms with Gasteiger partial charge in [-0.05, 0) is 7.05 Å². The van der Waals surface area contributed by atoms with Crippen molar-refractivity contribution in [2.45, 2.75) is 6.04 Å². The molecule has 0 aromatic carbocycles. The van der Waals surface area contributed by atoms with Crippen LogP contribution in [-0.4, -0.2) is 62.9 Å². The lowest BCUT2D eigenvalue weighted by Gasteiger charge is -2.32. The van der Waals surface area contributed by atoms with Gasteiger partial charge in [0, 0.05) is 13.6 Å². The highest BCUT2D eigenvalue weighted by atomic mass is 16.7. The van der Waals surface area contributed by atoms with E-state index in [1.54, 1.807) is 7.05 Å². The first-order valence-electron chi connectivity index (χ1n) is 4.26. The van der Waals surface area contributed by atoms with Gasteiger partial charge in [0.25, 0.3) is 5.91 Å². The summed E-state index contributed by atoms with van der Waals surface area (Å²) in [5, 5.41) is 1.23. The second-order valence-corrected chi connectivity index (χ2v) is 3.09. The van der Waals surface area contributed by atoms with Crippen LogP contribution in [0.2, 0.25) is 0 Å². The summed E-state index contributed by atoms with van der Waals surface area (Å²) in [6.45, 7) is 1.92. The number of rotatable bonds is 2. The van der Waals surface area contributed by atoms with E-state index in [2.05, 4.69) is 0 Å². The van der Waals surface area contributed by atoms with E-state index in [-0.39, 0.29) is 11.9 Å². The molecule has 1 heterocycles. The first-order chi connectivity index (χ1) is 6.16. The Morgan fingerprint density at radius 2 is 2.38 bits per heavy atom. The van der Waals surface area contributed by atoms with Gasteiger partial charge in [0.15, 0.2) is 0 Å². The highest BCUT2D eigenvalue weighted by Gasteiger charge is 2.29. The highest BCUT2D eigenvalue weighted by Crippen LogP contribution is 2.06. The lowest BCUT2D eigenvalue weighted by atomic mass is 10.2. The first kappa shape index (κ1) is 10.4. The fourth-order valence-corrected chi connectivity index (χ4v) is 1.25. The molecule has 1 aliphatic rings. The van der Waals surface area contributed by atoms with Crippen molar-refractivity contribution >= 4 is 5.91 Å². The van der Waals surface area contributed by atoms with Crippen LogP contribution in [0.1, 0.15) is 0 Å². The van der Waals surface area contributed by atoms with Crippen molar-refractivity contribution < 1.29 is 14.4 Å². The minimum absolute atomic E-state index is 0.0651. The largest absolute Gasteiger partial charge is 0.378 e. The predicted octanol–water partition coefficient (Wildman–Crippen LogP) is -0.663. The number of morpholine rings is 1. The first-order valence-corrected chi connectivity index (χ1v) is 4.26. The van der Waals surface area contributed by atoms with Crippen LogP contribution in [0.3, 0.4) is 0 Å². The van der Waals surface area contributed by atoms with Gasteiger partial charge in [0.05, 0.1) is 20.3 Å². The van der Waals surface area contributed by atoms with Gasteiger partial charge in [-0.3, -0.25) is 14.5 Å². The molecule has 1 rings (SSSR count). The van der Waals surface area contributed by atoms with Crippen LogP contribution in [0, 0.1) is 0 Å². The van der Waals surface area contributed by atoms with Gasteiger partial charge in [-0.15, -0.1) is 0 Å². The Kier molecular flexibility index (Phi) is 3.65. The molecular weight excluding hydrogens is 172 g/mol. The number of hydroxylamine groups is 2. The molecule has 0 aromatic rings. The van der Waals surface area contributed by atoms with E-state index >= 15 is 0 Å². The summed E-state index contributed by atoms with van der Waals surface area (Å²) >= 11 is 0. The van der Waals surface area contributed by atoms with Crippen molar-refractivity contribution in [2.75, 3.05) is 41.0 Å². The molecule has 1 saturated heterocycles. The molecule has 0 aromatic heterocycles. The van der Waals surface area contributed by atoms with E-state index in [1.807, 2.05) is 11.9 Å². The lowest BCUT2D eigenvalue weighted by molar-refractivity contribution is -0.178. The number of hydrogen-bond acceptors (Lipinski definition) is 4. The van der Waals surface area contributed by atoms with Crippen LogP contribution in [-0.2, 0) is 14.4 Å². The molecule has 0 unspecified atom stereocenters. The normalized spacial score (nSPS) is 24.4. The number of likely N-dealkylation sites (N-methyl/N-ethyl adjacent to an activating group) is 2. The van der Waals surface area contributed by atoms with E-state index < -0.39 is 0 Å². The molecular formula is C8H16N2O3. The van der Waals surface area contributed by atoms with Crippen molar-refractivity contribution in [1.82, 2.24) is 9.96 Å². The van der Waals surface area contributed by atoms with Crippen LogP contribution in [0.5, 0.6) is 0 Å². The molecule has 13 heavy (non-hydrogen) atoms. The molecule has 1 fully saturated rings. The van der Waals surface area contributed by atoms with Crippen molar-refractivity contribution in [2.24, 2.45) is 0 Å². The number of ether oxygens (including phenoxy) is 1. The number of hydrogen-bond donors (Lipinski definition) is 0. The summed E-state index contributed by atoms with van der Waals surface area (Å²) in [7, 11) is 4.99. The quantitative estimate of drug-likeness (QED) is 0.539. The second-order valence-electron chi connectivity index (χ2n) is 3.09. The fourth-order valence-electron chi connectivity index (χ4n) is 1.25. The standard InChI is InChI=1S/C8H16N2O3/c1-9-4-5-13-6-7(9)8(11)10(2)12-3/h7H,4-6H2,1-3H3/t7-/m0/s1. The van der Waals surface area contributed by atoms with E-state index in [0.29, 0.717) is 13.2 Å². The van der Waals surface area contributed by atoms with Crippen molar-refractivity contribution in [3.8, 4) is 0 Å². The maximum atomic E-state index is 11.6. The minimum Gasteiger partial charge on any atom is -0.378 e. The van der Waals surface area contributed by atoms with Crippen LogP contribution in [0.25, 0.3) is 0 Å². The van der Waals surface area contributed by atoms with Gasteiger partial charge in [-0.2, -0.15) is 0 Å². The average Bonchev–Trinajstić information content (AvgIpc) is 2.16. The Morgan fingerprint density at radius 3 is 2.92 bits per heavy atom. The summed E-state index contributed by atoms with van der Waals surface area (Å²) in [6, 6.07) is -0.210. The van der Waals surface area contributed by atoms with Gasteiger partial charge in [0.1, 0.15) is 6.04 Å². The van der Waals surface area contributed by atoms with E-state index in [4.69, 9.17) is 9.57 Å². The van der Waals surface area contributed by atoms with E-state index in [0.717, 1.165) is 6.54 Å². The molecule has 0 bridgehead atoms. The Bertz CT molecular complexity index is 186. The number of amides is 1. The predicted molar refractivity (Wildman–Crippen MR) is 47.0 cm³/mol. The van der Waals surface area contributed by atoms with E-state index in [9.17, 15) is 4.79 Å². The van der Waals surface area contributed by atoms with Crippen LogP contribution in [0.4, 0.5) is 0 Å². The van der Waals surface area contributed by atoms with E-state index in [1.165, 1.54) is 12.2 Å². The zero-order valence-electron chi connectivity index (χ0n) is 8.32. The van der Waals surface area contributed by atoms with Gasteiger partial charge >= 0.3 is 0 Å². The van der Waals surface area contributed by atoms with Crippen molar-refractivity contribution in [3.63, 3.8) is 0 Å². The molecule has 0 N–H and O–H groups in total. The SMILES string of the molecule is CON(C)C(=O)[C@@H]1COCCN1C. The Balaban J connectivity index is 2.53. The van der Waals surface area contributed by atoms with Crippen LogP contribution in [0.15, 0.2) is 0 Å². The molecule has 0 aliphatic carbocycles. The zero-order valence-corrected chi connectivity index (χ0v) is 8.32. The highest BCUT2D eigenvalue weighted by molar-refractivity contribution is 5.80. The third-order valence-electron chi connectivity index (χ3n) is 2.27. The minimum atomic E-state index is -0.210. The molecule has 1 atom stereocenters. The summed E-state index contributed by atoms with van der Waals surface area (Å²) in [6.07, 6.45) is 0. The number of carbonyl (C=O) groups is 1. The molecule has 0 spiro atoms. The summed E-state index contributed by atoms with van der Waals surface area (Å²) in [5.74, 6) is -0.0651. The topological polar surface area (TPSA) is 42.0 Å². The number of carbonyl (C=O) groups excluding carboxylic acids is 1. The van der Waals surface area contributed by atoms with Crippen LogP contribution >= 0.6 is 0 Å². The third-order valence-corrected chi connectivity index (χ3v) is 2.27. The van der Waals surface area contributed by atoms with Gasteiger partial charge in [-0.25, -0.2) is 5.06 Å². The Hall–Kier alpha value is -0.650. The van der Waals surface area contributed by atoms with Crippen LogP contribution < -0.4 is 0 Å². The third kappa shape index (κ3) is 2.40. The summed E-state index contributed by atoms with van der Waals surface area (Å²) in [5.41, 5.74) is 0. The second kappa shape index (κ2) is 4.55. The fraction of sp³-hybridized carbons (Fsp3) is 0.875. The Labute approximate surface area is 78.2 Å². The molecule has 76 valence electrons. The maximum absolute atomic E-state index is 11.6. The average molecular weight is 188 g/mol. The molecule has 0 radical (unpaired) electrons. The Morgan fingerprint density at radius 1 is 1.69 bits per heavy atom. The van der Waals surface area contributed by atoms with Gasteiger partial charge in [0.2, 0.25) is 0 Å². The lowest BCUT2D eigenvalue weighted by Crippen LogP contribution is -2.52. The maximum Gasteiger partial charge on any atom is 0.265 e. The van der Waals surface area contributed by atoms with Crippen molar-refractivity contribution in [3.05, 3.63) is 0 Å². The molecule has 5 heteroatoms. The monoisotopic (exact) mass is 188 g/mol. The van der Waals surface area contributed by atoms with Crippen molar-refractivity contribution in [1.29, 1.82) is 0 Å². The zero-order chi connectivity index (χ0) is 9.84. The van der Waals surface area contributed by atoms with Gasteiger partial charge in [-0.1, -0.05) is 0 Å². The molecule has 0 saturated carbocycles. The summed E-state index contributed by atoms with van der Waals surface area (Å²) < 4.78 is 5.22. The molecule has 1 amide bonds. The smallest absolute Gasteiger partial charge is 0.265 e. The molecule has 1 aliphatic heterocycles. The molecule has 5 nitrogen and oxygen atoms in total. The summed E-state index contributed by atoms with van der Waals surface area (Å²) in [4.78, 5) is 18.4.